The van der Waals surface area contributed by atoms with E-state index in [0.717, 1.165) is 3.57 Å². The molecule has 0 saturated heterocycles. The summed E-state index contributed by atoms with van der Waals surface area (Å²) in [6.07, 6.45) is 0. The maximum Gasteiger partial charge on any atom is 0.236 e. The first-order chi connectivity index (χ1) is 9.85. The Morgan fingerprint density at radius 1 is 1.19 bits per heavy atom. The first kappa shape index (κ1) is 16.2. The molecule has 0 radical (unpaired) electrons. The van der Waals surface area contributed by atoms with Crippen molar-refractivity contribution in [3.05, 3.63) is 63.2 Å². The number of nitrogens with one attached hydrogen (secondary N) is 1. The molecular weight excluding hydrogens is 419 g/mol. The Hall–Kier alpha value is -1.19. The van der Waals surface area contributed by atoms with E-state index < -0.39 is 10.0 Å². The summed E-state index contributed by atoms with van der Waals surface area (Å²) in [5.74, 6) is -0.130. The number of halogens is 1. The Bertz CT molecular complexity index is 759. The minimum absolute atomic E-state index is 0.130. The molecule has 0 saturated carbocycles. The molecule has 2 rings (SSSR count). The van der Waals surface area contributed by atoms with Crippen molar-refractivity contribution >= 4 is 55.5 Å². The first-order valence-electron chi connectivity index (χ1n) is 6.00. The molecule has 2 aromatic rings. The summed E-state index contributed by atoms with van der Waals surface area (Å²) >= 11 is 7.05. The zero-order valence-corrected chi connectivity index (χ0v) is 14.7. The highest BCUT2D eigenvalue weighted by Gasteiger charge is 2.12. The van der Waals surface area contributed by atoms with Crippen LogP contribution in [0.1, 0.15) is 11.1 Å². The van der Waals surface area contributed by atoms with Crippen molar-refractivity contribution < 1.29 is 8.42 Å². The second-order valence-electron chi connectivity index (χ2n) is 4.43. The van der Waals surface area contributed by atoms with Crippen LogP contribution < -0.4 is 10.5 Å². The summed E-state index contributed by atoms with van der Waals surface area (Å²) in [5, 5.41) is 0. The molecule has 0 aliphatic rings. The van der Waals surface area contributed by atoms with Crippen LogP contribution in [0.3, 0.4) is 0 Å². The fraction of sp³-hybridized carbons (Fsp3) is 0.0714. The van der Waals surface area contributed by atoms with E-state index in [1.165, 1.54) is 0 Å². The van der Waals surface area contributed by atoms with Crippen molar-refractivity contribution in [2.24, 2.45) is 5.73 Å². The number of sulfonamides is 1. The molecule has 0 heterocycles. The van der Waals surface area contributed by atoms with E-state index in [-0.39, 0.29) is 10.7 Å². The van der Waals surface area contributed by atoms with E-state index >= 15 is 0 Å². The van der Waals surface area contributed by atoms with Crippen molar-refractivity contribution in [3.63, 3.8) is 0 Å². The molecule has 0 fully saturated rings. The van der Waals surface area contributed by atoms with E-state index in [1.54, 1.807) is 36.4 Å². The van der Waals surface area contributed by atoms with Gasteiger partial charge in [0.25, 0.3) is 0 Å². The van der Waals surface area contributed by atoms with Gasteiger partial charge in [0, 0.05) is 14.8 Å². The fourth-order valence-corrected chi connectivity index (χ4v) is 3.44. The summed E-state index contributed by atoms with van der Waals surface area (Å²) in [7, 11) is -3.48. The van der Waals surface area contributed by atoms with Crippen LogP contribution in [0.5, 0.6) is 0 Å². The highest BCUT2D eigenvalue weighted by Crippen LogP contribution is 2.15. The minimum Gasteiger partial charge on any atom is -0.389 e. The third-order valence-corrected chi connectivity index (χ3v) is 4.90. The predicted octanol–water partition coefficient (Wildman–Crippen LogP) is 2.87. The number of anilines is 1. The lowest BCUT2D eigenvalue weighted by Crippen LogP contribution is -2.16. The Morgan fingerprint density at radius 3 is 2.48 bits per heavy atom. The number of rotatable bonds is 5. The molecule has 0 spiro atoms. The average Bonchev–Trinajstić information content (AvgIpc) is 2.41. The van der Waals surface area contributed by atoms with Crippen LogP contribution in [0.15, 0.2) is 48.5 Å². The molecule has 21 heavy (non-hydrogen) atoms. The van der Waals surface area contributed by atoms with Crippen molar-refractivity contribution in [3.8, 4) is 0 Å². The van der Waals surface area contributed by atoms with Gasteiger partial charge in [0.05, 0.1) is 5.75 Å². The van der Waals surface area contributed by atoms with Crippen LogP contribution in [0.25, 0.3) is 0 Å². The number of nitrogens with two attached hydrogens (primary N) is 1. The third kappa shape index (κ3) is 4.94. The van der Waals surface area contributed by atoms with Gasteiger partial charge in [0.1, 0.15) is 4.99 Å². The molecule has 4 nitrogen and oxygen atoms in total. The van der Waals surface area contributed by atoms with Crippen LogP contribution >= 0.6 is 34.8 Å². The molecule has 0 amide bonds. The molecule has 0 aromatic heterocycles. The molecular formula is C14H13IN2O2S2. The first-order valence-corrected chi connectivity index (χ1v) is 9.14. The smallest absolute Gasteiger partial charge is 0.236 e. The number of hydrogen-bond donors (Lipinski definition) is 2. The maximum absolute atomic E-state index is 12.2. The Balaban J connectivity index is 2.15. The predicted molar refractivity (Wildman–Crippen MR) is 97.7 cm³/mol. The topological polar surface area (TPSA) is 72.2 Å². The van der Waals surface area contributed by atoms with Crippen LogP contribution in [-0.2, 0) is 15.8 Å². The normalized spacial score (nSPS) is 11.1. The van der Waals surface area contributed by atoms with Gasteiger partial charge in [-0.15, -0.1) is 0 Å². The van der Waals surface area contributed by atoms with Gasteiger partial charge in [-0.1, -0.05) is 30.4 Å². The largest absolute Gasteiger partial charge is 0.389 e. The van der Waals surface area contributed by atoms with Gasteiger partial charge in [-0.3, -0.25) is 4.72 Å². The lowest BCUT2D eigenvalue weighted by Gasteiger charge is -2.09. The van der Waals surface area contributed by atoms with Crippen molar-refractivity contribution in [2.45, 2.75) is 5.75 Å². The van der Waals surface area contributed by atoms with Crippen LogP contribution in [0.2, 0.25) is 0 Å². The van der Waals surface area contributed by atoms with Crippen molar-refractivity contribution in [1.29, 1.82) is 0 Å². The monoisotopic (exact) mass is 432 g/mol. The number of hydrogen-bond acceptors (Lipinski definition) is 3. The van der Waals surface area contributed by atoms with Crippen LogP contribution in [0, 0.1) is 3.57 Å². The lowest BCUT2D eigenvalue weighted by atomic mass is 10.1. The standard InChI is InChI=1S/C14H13IN2O2S2/c15-12-4-6-13(7-5-12)17-21(18,19)9-10-2-1-3-11(8-10)14(16)20/h1-8,17H,9H2,(H2,16,20). The van der Waals surface area contributed by atoms with Gasteiger partial charge in [0.15, 0.2) is 0 Å². The van der Waals surface area contributed by atoms with Crippen LogP contribution in [-0.4, -0.2) is 13.4 Å². The molecule has 0 aliphatic carbocycles. The molecule has 0 aliphatic heterocycles. The Labute approximate surface area is 142 Å². The second-order valence-corrected chi connectivity index (χ2v) is 7.84. The number of thiocarbonyl (C=S) groups is 1. The summed E-state index contributed by atoms with van der Waals surface area (Å²) < 4.78 is 27.9. The molecule has 0 unspecified atom stereocenters. The van der Waals surface area contributed by atoms with Crippen LogP contribution in [0.4, 0.5) is 5.69 Å². The lowest BCUT2D eigenvalue weighted by molar-refractivity contribution is 0.600. The molecule has 7 heteroatoms. The molecule has 0 bridgehead atoms. The number of benzene rings is 2. The quantitative estimate of drug-likeness (QED) is 0.563. The van der Waals surface area contributed by atoms with E-state index in [0.29, 0.717) is 16.8 Å². The van der Waals surface area contributed by atoms with Gasteiger partial charge in [0.2, 0.25) is 10.0 Å². The zero-order valence-electron chi connectivity index (χ0n) is 10.9. The van der Waals surface area contributed by atoms with Gasteiger partial charge < -0.3 is 5.73 Å². The van der Waals surface area contributed by atoms with Crippen molar-refractivity contribution in [1.82, 2.24) is 0 Å². The molecule has 2 aromatic carbocycles. The highest BCUT2D eigenvalue weighted by atomic mass is 127. The van der Waals surface area contributed by atoms with Crippen molar-refractivity contribution in [2.75, 3.05) is 4.72 Å². The molecule has 3 N–H and O–H groups in total. The average molecular weight is 432 g/mol. The van der Waals surface area contributed by atoms with E-state index in [4.69, 9.17) is 18.0 Å². The zero-order chi connectivity index (χ0) is 15.5. The summed E-state index contributed by atoms with van der Waals surface area (Å²) in [5.41, 5.74) is 7.39. The molecule has 0 atom stereocenters. The highest BCUT2D eigenvalue weighted by molar-refractivity contribution is 14.1. The van der Waals surface area contributed by atoms with Gasteiger partial charge in [-0.25, -0.2) is 8.42 Å². The summed E-state index contributed by atoms with van der Waals surface area (Å²) in [4.78, 5) is 0.250. The Morgan fingerprint density at radius 2 is 1.86 bits per heavy atom. The Kier molecular flexibility index (Phi) is 5.17. The SMILES string of the molecule is NC(=S)c1cccc(CS(=O)(=O)Nc2ccc(I)cc2)c1. The minimum atomic E-state index is -3.48. The fourth-order valence-electron chi connectivity index (χ4n) is 1.77. The maximum atomic E-state index is 12.2. The summed E-state index contributed by atoms with van der Waals surface area (Å²) in [6, 6.07) is 14.0. The van der Waals surface area contributed by atoms with Gasteiger partial charge in [-0.2, -0.15) is 0 Å². The van der Waals surface area contributed by atoms with E-state index in [9.17, 15) is 8.42 Å². The third-order valence-electron chi connectivity index (χ3n) is 2.69. The van der Waals surface area contributed by atoms with Gasteiger partial charge in [-0.05, 0) is 58.5 Å². The van der Waals surface area contributed by atoms with Gasteiger partial charge >= 0.3 is 0 Å². The molecule has 110 valence electrons. The van der Waals surface area contributed by atoms with E-state index in [1.807, 2.05) is 12.1 Å². The summed E-state index contributed by atoms with van der Waals surface area (Å²) in [6.45, 7) is 0. The second kappa shape index (κ2) is 6.71. The van der Waals surface area contributed by atoms with E-state index in [2.05, 4.69) is 27.3 Å².